The van der Waals surface area contributed by atoms with E-state index < -0.39 is 0 Å². The fraction of sp³-hybridized carbons (Fsp3) is 0.227. The summed E-state index contributed by atoms with van der Waals surface area (Å²) in [4.78, 5) is 18.5. The van der Waals surface area contributed by atoms with Crippen LogP contribution in [0.5, 0.6) is 0 Å². The molecule has 0 atom stereocenters. The summed E-state index contributed by atoms with van der Waals surface area (Å²) >= 11 is 3.31. The average Bonchev–Trinajstić information content (AvgIpc) is 3.19. The molecule has 0 saturated carbocycles. The van der Waals surface area contributed by atoms with Gasteiger partial charge >= 0.3 is 0 Å². The van der Waals surface area contributed by atoms with Gasteiger partial charge in [-0.15, -0.1) is 6.58 Å². The van der Waals surface area contributed by atoms with Gasteiger partial charge < -0.3 is 9.42 Å². The van der Waals surface area contributed by atoms with Crippen LogP contribution in [0.15, 0.2) is 58.0 Å². The monoisotopic (exact) mass is 475 g/mol. The molecular formula is C22H20BrF2N3O2. The lowest BCUT2D eigenvalue weighted by Gasteiger charge is -2.21. The lowest BCUT2D eigenvalue weighted by molar-refractivity contribution is -0.131. The molecule has 8 heteroatoms. The predicted octanol–water partition coefficient (Wildman–Crippen LogP) is 5.23. The van der Waals surface area contributed by atoms with Crippen LogP contribution >= 0.6 is 15.9 Å². The number of aryl methyl sites for hydroxylation is 2. The number of rotatable bonds is 8. The van der Waals surface area contributed by atoms with Crippen LogP contribution < -0.4 is 0 Å². The quantitative estimate of drug-likeness (QED) is 0.418. The SMILES string of the molecule is C=CCN(Cc1cc(Br)ccc1F)C(=O)CCc1nc(-c2ccc(F)c(C)c2)no1. The Morgan fingerprint density at radius 2 is 2.00 bits per heavy atom. The van der Waals surface area contributed by atoms with Crippen LogP contribution in [-0.4, -0.2) is 27.5 Å². The molecule has 0 fully saturated rings. The Kier molecular flexibility index (Phi) is 7.10. The maximum Gasteiger partial charge on any atom is 0.227 e. The average molecular weight is 476 g/mol. The summed E-state index contributed by atoms with van der Waals surface area (Å²) in [6, 6.07) is 9.15. The van der Waals surface area contributed by atoms with Crippen LogP contribution in [0.4, 0.5) is 8.78 Å². The van der Waals surface area contributed by atoms with Gasteiger partial charge in [0.1, 0.15) is 11.6 Å². The van der Waals surface area contributed by atoms with Crippen molar-refractivity contribution in [3.05, 3.63) is 82.2 Å². The molecule has 0 saturated heterocycles. The third-order valence-corrected chi connectivity index (χ3v) is 5.00. The van der Waals surface area contributed by atoms with Gasteiger partial charge in [-0.2, -0.15) is 4.98 Å². The normalized spacial score (nSPS) is 10.8. The first-order chi connectivity index (χ1) is 14.4. The summed E-state index contributed by atoms with van der Waals surface area (Å²) in [5.74, 6) is -0.243. The molecule has 0 spiro atoms. The summed E-state index contributed by atoms with van der Waals surface area (Å²) in [5.41, 5.74) is 1.52. The molecule has 0 radical (unpaired) electrons. The van der Waals surface area contributed by atoms with E-state index in [2.05, 4.69) is 32.6 Å². The third kappa shape index (κ3) is 5.38. The number of carbonyl (C=O) groups is 1. The van der Waals surface area contributed by atoms with Gasteiger partial charge in [-0.25, -0.2) is 8.78 Å². The van der Waals surface area contributed by atoms with Crippen molar-refractivity contribution in [1.29, 1.82) is 0 Å². The molecule has 3 aromatic rings. The Bertz CT molecular complexity index is 1070. The molecule has 3 rings (SSSR count). The molecule has 0 N–H and O–H groups in total. The number of nitrogens with zero attached hydrogens (tertiary/aromatic N) is 3. The molecule has 0 bridgehead atoms. The zero-order valence-corrected chi connectivity index (χ0v) is 18.0. The second kappa shape index (κ2) is 9.75. The molecule has 1 heterocycles. The van der Waals surface area contributed by atoms with E-state index in [1.54, 1.807) is 37.3 Å². The summed E-state index contributed by atoms with van der Waals surface area (Å²) < 4.78 is 33.4. The maximum atomic E-state index is 14.1. The van der Waals surface area contributed by atoms with E-state index in [4.69, 9.17) is 4.52 Å². The van der Waals surface area contributed by atoms with Crippen LogP contribution in [0.2, 0.25) is 0 Å². The van der Waals surface area contributed by atoms with Crippen LogP contribution in [0.25, 0.3) is 11.4 Å². The number of hydrogen-bond donors (Lipinski definition) is 0. The van der Waals surface area contributed by atoms with Gasteiger partial charge in [-0.3, -0.25) is 4.79 Å². The van der Waals surface area contributed by atoms with E-state index in [0.29, 0.717) is 28.4 Å². The molecule has 0 aliphatic carbocycles. The lowest BCUT2D eigenvalue weighted by Crippen LogP contribution is -2.31. The Labute approximate surface area is 181 Å². The fourth-order valence-corrected chi connectivity index (χ4v) is 3.32. The minimum atomic E-state index is -0.379. The molecule has 30 heavy (non-hydrogen) atoms. The summed E-state index contributed by atoms with van der Waals surface area (Å²) in [6.45, 7) is 5.73. The second-order valence-corrected chi connectivity index (χ2v) is 7.69. The molecule has 0 aliphatic heterocycles. The van der Waals surface area contributed by atoms with E-state index in [-0.39, 0.29) is 43.5 Å². The predicted molar refractivity (Wildman–Crippen MR) is 112 cm³/mol. The van der Waals surface area contributed by atoms with Crippen LogP contribution in [0.3, 0.4) is 0 Å². The van der Waals surface area contributed by atoms with E-state index in [0.717, 1.165) is 4.47 Å². The van der Waals surface area contributed by atoms with E-state index in [9.17, 15) is 13.6 Å². The Morgan fingerprint density at radius 1 is 1.23 bits per heavy atom. The second-order valence-electron chi connectivity index (χ2n) is 6.77. The molecule has 1 amide bonds. The van der Waals surface area contributed by atoms with Crippen LogP contribution in [-0.2, 0) is 17.8 Å². The van der Waals surface area contributed by atoms with Crippen molar-refractivity contribution in [3.8, 4) is 11.4 Å². The first kappa shape index (κ1) is 21.8. The number of hydrogen-bond acceptors (Lipinski definition) is 4. The molecule has 156 valence electrons. The van der Waals surface area contributed by atoms with Gasteiger partial charge in [0.2, 0.25) is 17.6 Å². The minimum Gasteiger partial charge on any atom is -0.339 e. The molecule has 2 aromatic carbocycles. The summed E-state index contributed by atoms with van der Waals surface area (Å²) in [5, 5.41) is 3.90. The molecule has 5 nitrogen and oxygen atoms in total. The van der Waals surface area contributed by atoms with Gasteiger partial charge in [0.25, 0.3) is 0 Å². The maximum absolute atomic E-state index is 14.1. The standard InChI is InChI=1S/C22H20BrF2N3O2/c1-3-10-28(13-16-12-17(23)5-7-19(16)25)21(29)9-8-20-26-22(27-30-20)15-4-6-18(24)14(2)11-15/h3-7,11-12H,1,8-10,13H2,2H3. The lowest BCUT2D eigenvalue weighted by atomic mass is 10.1. The third-order valence-electron chi connectivity index (χ3n) is 4.51. The zero-order chi connectivity index (χ0) is 21.7. The minimum absolute atomic E-state index is 0.119. The highest BCUT2D eigenvalue weighted by Crippen LogP contribution is 2.20. The number of carbonyl (C=O) groups excluding carboxylic acids is 1. The van der Waals surface area contributed by atoms with Gasteiger partial charge in [0.15, 0.2) is 0 Å². The molecular weight excluding hydrogens is 456 g/mol. The van der Waals surface area contributed by atoms with Crippen molar-refractivity contribution in [2.75, 3.05) is 6.54 Å². The zero-order valence-electron chi connectivity index (χ0n) is 16.4. The van der Waals surface area contributed by atoms with Gasteiger partial charge in [-0.1, -0.05) is 27.2 Å². The highest BCUT2D eigenvalue weighted by atomic mass is 79.9. The van der Waals surface area contributed by atoms with Crippen molar-refractivity contribution in [2.24, 2.45) is 0 Å². The molecule has 1 aromatic heterocycles. The van der Waals surface area contributed by atoms with Gasteiger partial charge in [0, 0.05) is 41.5 Å². The number of amides is 1. The summed E-state index contributed by atoms with van der Waals surface area (Å²) in [6.07, 6.45) is 1.95. The number of benzene rings is 2. The smallest absolute Gasteiger partial charge is 0.227 e. The van der Waals surface area contributed by atoms with Crippen molar-refractivity contribution >= 4 is 21.8 Å². The van der Waals surface area contributed by atoms with Crippen LogP contribution in [0.1, 0.15) is 23.4 Å². The van der Waals surface area contributed by atoms with E-state index in [1.807, 2.05) is 0 Å². The van der Waals surface area contributed by atoms with Crippen molar-refractivity contribution in [3.63, 3.8) is 0 Å². The van der Waals surface area contributed by atoms with E-state index >= 15 is 0 Å². The Morgan fingerprint density at radius 3 is 2.73 bits per heavy atom. The highest BCUT2D eigenvalue weighted by Gasteiger charge is 2.17. The van der Waals surface area contributed by atoms with Crippen molar-refractivity contribution in [2.45, 2.75) is 26.3 Å². The molecule has 0 unspecified atom stereocenters. The topological polar surface area (TPSA) is 59.2 Å². The van der Waals surface area contributed by atoms with E-state index in [1.165, 1.54) is 17.0 Å². The Balaban J connectivity index is 1.65. The van der Waals surface area contributed by atoms with Crippen molar-refractivity contribution in [1.82, 2.24) is 15.0 Å². The first-order valence-corrected chi connectivity index (χ1v) is 10.1. The summed E-state index contributed by atoms with van der Waals surface area (Å²) in [7, 11) is 0. The van der Waals surface area contributed by atoms with Gasteiger partial charge in [-0.05, 0) is 48.9 Å². The highest BCUT2D eigenvalue weighted by molar-refractivity contribution is 9.10. The molecule has 0 aliphatic rings. The Hall–Kier alpha value is -2.87. The number of halogens is 3. The fourth-order valence-electron chi connectivity index (χ4n) is 2.91. The van der Waals surface area contributed by atoms with Crippen molar-refractivity contribution < 1.29 is 18.1 Å². The van der Waals surface area contributed by atoms with Crippen LogP contribution in [0, 0.1) is 18.6 Å². The number of aromatic nitrogens is 2. The van der Waals surface area contributed by atoms with Gasteiger partial charge in [0.05, 0.1) is 0 Å². The first-order valence-electron chi connectivity index (χ1n) is 9.29. The largest absolute Gasteiger partial charge is 0.339 e.